The molecule has 0 saturated carbocycles. The molecule has 0 amide bonds. The fourth-order valence-corrected chi connectivity index (χ4v) is 3.33. The van der Waals surface area contributed by atoms with Gasteiger partial charge in [0.25, 0.3) is 0 Å². The number of nitrogens with two attached hydrogens (primary N) is 1. The lowest BCUT2D eigenvalue weighted by Crippen LogP contribution is -2.52. The van der Waals surface area contributed by atoms with E-state index in [0.29, 0.717) is 5.75 Å². The van der Waals surface area contributed by atoms with E-state index in [1.165, 1.54) is 0 Å². The van der Waals surface area contributed by atoms with E-state index in [1.54, 1.807) is 13.2 Å². The molecule has 2 N–H and O–H groups in total. The van der Waals surface area contributed by atoms with Crippen LogP contribution >= 0.6 is 0 Å². The lowest BCUT2D eigenvalue weighted by Gasteiger charge is -2.29. The molecule has 0 radical (unpaired) electrons. The zero-order chi connectivity index (χ0) is 21.2. The van der Waals surface area contributed by atoms with Gasteiger partial charge in [0.15, 0.2) is 5.76 Å². The van der Waals surface area contributed by atoms with E-state index < -0.39 is 10.6 Å². The van der Waals surface area contributed by atoms with Crippen molar-refractivity contribution < 1.29 is 14.4 Å². The van der Waals surface area contributed by atoms with Crippen LogP contribution in [0.5, 0.6) is 11.5 Å². The Labute approximate surface area is 170 Å². The van der Waals surface area contributed by atoms with E-state index in [1.807, 2.05) is 54.6 Å². The van der Waals surface area contributed by atoms with Crippen LogP contribution < -0.4 is 15.2 Å². The first kappa shape index (κ1) is 20.6. The number of rotatable bonds is 5. The third-order valence-corrected chi connectivity index (χ3v) is 5.02. The topological polar surface area (TPSA) is 87.6 Å². The van der Waals surface area contributed by atoms with Gasteiger partial charge in [-0.1, -0.05) is 57.2 Å². The van der Waals surface area contributed by atoms with E-state index in [4.69, 9.17) is 15.2 Å². The zero-order valence-electron chi connectivity index (χ0n) is 17.1. The molecular weight excluding hydrogens is 368 g/mol. The van der Waals surface area contributed by atoms with Gasteiger partial charge in [-0.05, 0) is 40.8 Å². The highest BCUT2D eigenvalue weighted by Crippen LogP contribution is 2.38. The summed E-state index contributed by atoms with van der Waals surface area (Å²) in [6, 6.07) is 14.9. The molecular formula is C23H26N2O4. The highest BCUT2D eigenvalue weighted by atomic mass is 16.6. The third kappa shape index (κ3) is 4.17. The van der Waals surface area contributed by atoms with Crippen molar-refractivity contribution in [2.24, 2.45) is 5.73 Å². The summed E-state index contributed by atoms with van der Waals surface area (Å²) in [6.45, 7) is 6.19. The van der Waals surface area contributed by atoms with Gasteiger partial charge < -0.3 is 9.47 Å². The Bertz CT molecular complexity index is 971. The van der Waals surface area contributed by atoms with Gasteiger partial charge in [-0.3, -0.25) is 15.8 Å². The Morgan fingerprint density at radius 1 is 1.07 bits per heavy atom. The molecule has 6 heteroatoms. The molecule has 3 rings (SSSR count). The quantitative estimate of drug-likeness (QED) is 0.452. The molecule has 0 spiro atoms. The van der Waals surface area contributed by atoms with Crippen LogP contribution in [0, 0.1) is 10.1 Å². The Hall–Kier alpha value is -3.12. The maximum Gasteiger partial charge on any atom is 0.334 e. The van der Waals surface area contributed by atoms with Gasteiger partial charge in [-0.25, -0.2) is 0 Å². The van der Waals surface area contributed by atoms with Gasteiger partial charge in [0.2, 0.25) is 0 Å². The molecule has 6 nitrogen and oxygen atoms in total. The molecule has 0 fully saturated rings. The Kier molecular flexibility index (Phi) is 5.48. The lowest BCUT2D eigenvalue weighted by atomic mass is 9.86. The summed E-state index contributed by atoms with van der Waals surface area (Å²) >= 11 is 0. The molecule has 1 aliphatic rings. The molecule has 0 saturated heterocycles. The van der Waals surface area contributed by atoms with Crippen molar-refractivity contribution in [3.63, 3.8) is 0 Å². The van der Waals surface area contributed by atoms with Crippen LogP contribution in [0.3, 0.4) is 0 Å². The maximum atomic E-state index is 11.9. The van der Waals surface area contributed by atoms with Crippen molar-refractivity contribution in [2.75, 3.05) is 7.11 Å². The molecule has 1 atom stereocenters. The number of benzene rings is 2. The third-order valence-electron chi connectivity index (χ3n) is 5.02. The largest absolute Gasteiger partial charge is 0.497 e. The summed E-state index contributed by atoms with van der Waals surface area (Å²) in [5.74, 6) is 1.41. The molecule has 29 heavy (non-hydrogen) atoms. The first-order valence-corrected chi connectivity index (χ1v) is 9.41. The standard InChI is InChI=1S/C23H26N2O4/c1-22(2,3)19-7-5-6-8-20(19)29-21-14-11-17(15-23(21,24)25(26)27)16-9-12-18(28-4)13-10-16/h5-14H,15,24H2,1-4H3. The fraction of sp³-hybridized carbons (Fsp3) is 0.304. The maximum absolute atomic E-state index is 11.9. The van der Waals surface area contributed by atoms with Gasteiger partial charge in [0, 0.05) is 5.56 Å². The van der Waals surface area contributed by atoms with Crippen LogP contribution in [0.2, 0.25) is 0 Å². The smallest absolute Gasteiger partial charge is 0.334 e. The molecule has 2 aromatic rings. The van der Waals surface area contributed by atoms with Crippen LogP contribution in [0.15, 0.2) is 66.4 Å². The number of nitrogens with zero attached hydrogens (tertiary/aromatic N) is 1. The monoisotopic (exact) mass is 394 g/mol. The van der Waals surface area contributed by atoms with Crippen LogP contribution in [0.4, 0.5) is 0 Å². The van der Waals surface area contributed by atoms with Crippen LogP contribution in [0.1, 0.15) is 38.3 Å². The molecule has 0 aliphatic heterocycles. The van der Waals surface area contributed by atoms with Crippen LogP contribution in [-0.4, -0.2) is 17.7 Å². The van der Waals surface area contributed by atoms with E-state index >= 15 is 0 Å². The minimum absolute atomic E-state index is 0.0237. The van der Waals surface area contributed by atoms with Crippen molar-refractivity contribution in [1.82, 2.24) is 0 Å². The predicted octanol–water partition coefficient (Wildman–Crippen LogP) is 4.67. The number of para-hydroxylation sites is 1. The molecule has 0 heterocycles. The Balaban J connectivity index is 2.00. The molecule has 152 valence electrons. The summed E-state index contributed by atoms with van der Waals surface area (Å²) in [4.78, 5) is 11.5. The van der Waals surface area contributed by atoms with Gasteiger partial charge in [0.05, 0.1) is 18.5 Å². The predicted molar refractivity (Wildman–Crippen MR) is 113 cm³/mol. The number of hydrogen-bond donors (Lipinski definition) is 1. The zero-order valence-corrected chi connectivity index (χ0v) is 17.1. The van der Waals surface area contributed by atoms with Crippen molar-refractivity contribution in [3.8, 4) is 11.5 Å². The lowest BCUT2D eigenvalue weighted by molar-refractivity contribution is -0.560. The summed E-state index contributed by atoms with van der Waals surface area (Å²) in [5, 5.41) is 11.9. The van der Waals surface area contributed by atoms with Crippen molar-refractivity contribution in [3.05, 3.63) is 87.7 Å². The van der Waals surface area contributed by atoms with Crippen molar-refractivity contribution >= 4 is 5.57 Å². The van der Waals surface area contributed by atoms with Crippen LogP contribution in [0.25, 0.3) is 5.57 Å². The first-order chi connectivity index (χ1) is 13.6. The molecule has 1 unspecified atom stereocenters. The van der Waals surface area contributed by atoms with E-state index in [9.17, 15) is 10.1 Å². The number of nitro groups is 1. The Morgan fingerprint density at radius 3 is 2.31 bits per heavy atom. The minimum Gasteiger partial charge on any atom is -0.497 e. The summed E-state index contributed by atoms with van der Waals surface area (Å²) < 4.78 is 11.2. The van der Waals surface area contributed by atoms with E-state index in [0.717, 1.165) is 22.4 Å². The van der Waals surface area contributed by atoms with E-state index in [2.05, 4.69) is 20.8 Å². The molecule has 0 bridgehead atoms. The SMILES string of the molecule is COc1ccc(C2=CC=C(Oc3ccccc3C(C)(C)C)C(N)([N+](=O)[O-])C2)cc1. The summed E-state index contributed by atoms with van der Waals surface area (Å²) in [5.41, 5.74) is 6.82. The van der Waals surface area contributed by atoms with Gasteiger partial charge in [-0.2, -0.15) is 0 Å². The number of allylic oxidation sites excluding steroid dienone is 2. The normalized spacial score (nSPS) is 19.2. The highest BCUT2D eigenvalue weighted by Gasteiger charge is 2.47. The second-order valence-electron chi connectivity index (χ2n) is 8.16. The first-order valence-electron chi connectivity index (χ1n) is 9.41. The number of methoxy groups -OCH3 is 1. The summed E-state index contributed by atoms with van der Waals surface area (Å²) in [6.07, 6.45) is 3.45. The van der Waals surface area contributed by atoms with Crippen LogP contribution in [-0.2, 0) is 5.41 Å². The second kappa shape index (κ2) is 7.72. The average molecular weight is 394 g/mol. The molecule has 2 aromatic carbocycles. The molecule has 0 aromatic heterocycles. The minimum atomic E-state index is -1.85. The number of hydrogen-bond acceptors (Lipinski definition) is 5. The number of ether oxygens (including phenoxy) is 2. The van der Waals surface area contributed by atoms with Gasteiger partial charge in [-0.15, -0.1) is 0 Å². The summed E-state index contributed by atoms with van der Waals surface area (Å²) in [7, 11) is 1.59. The second-order valence-corrected chi connectivity index (χ2v) is 8.16. The molecule has 1 aliphatic carbocycles. The van der Waals surface area contributed by atoms with E-state index in [-0.39, 0.29) is 17.6 Å². The Morgan fingerprint density at radius 2 is 1.72 bits per heavy atom. The van der Waals surface area contributed by atoms with Gasteiger partial charge >= 0.3 is 5.66 Å². The van der Waals surface area contributed by atoms with Gasteiger partial charge in [0.1, 0.15) is 11.5 Å². The fourth-order valence-electron chi connectivity index (χ4n) is 3.33. The van der Waals surface area contributed by atoms with Crippen molar-refractivity contribution in [2.45, 2.75) is 38.3 Å². The highest BCUT2D eigenvalue weighted by molar-refractivity contribution is 5.70. The van der Waals surface area contributed by atoms with Crippen molar-refractivity contribution in [1.29, 1.82) is 0 Å². The average Bonchev–Trinajstić information content (AvgIpc) is 2.69.